The topological polar surface area (TPSA) is 37.3 Å². The quantitative estimate of drug-likeness (QED) is 0.540. The van der Waals surface area contributed by atoms with Gasteiger partial charge in [-0.2, -0.15) is 0 Å². The molecule has 1 rings (SSSR count). The van der Waals surface area contributed by atoms with Gasteiger partial charge in [-0.3, -0.25) is 4.79 Å². The van der Waals surface area contributed by atoms with Crippen LogP contribution in [-0.4, -0.2) is 17.0 Å². The van der Waals surface area contributed by atoms with Crippen molar-refractivity contribution in [2.45, 2.75) is 58.0 Å². The molecule has 86 valence electrons. The molecule has 0 saturated heterocycles. The highest BCUT2D eigenvalue weighted by Crippen LogP contribution is 2.23. The summed E-state index contributed by atoms with van der Waals surface area (Å²) in [7, 11) is 0. The number of Topliss-reactive ketones (excluding diaryl/α,β-unsaturated/α-hetero) is 1. The summed E-state index contributed by atoms with van der Waals surface area (Å²) in [6.07, 6.45) is 10.3. The fourth-order valence-corrected chi connectivity index (χ4v) is 1.99. The minimum atomic E-state index is -0.313. The van der Waals surface area contributed by atoms with E-state index in [2.05, 4.69) is 6.92 Å². The van der Waals surface area contributed by atoms with Crippen molar-refractivity contribution in [3.63, 3.8) is 0 Å². The highest BCUT2D eigenvalue weighted by atomic mass is 16.3. The average Bonchev–Trinajstić information content (AvgIpc) is 2.62. The molecular formula is C13H22O2. The van der Waals surface area contributed by atoms with Crippen LogP contribution in [0, 0.1) is 5.92 Å². The van der Waals surface area contributed by atoms with E-state index in [4.69, 9.17) is 0 Å². The molecule has 0 radical (unpaired) electrons. The van der Waals surface area contributed by atoms with E-state index in [9.17, 15) is 9.90 Å². The molecule has 1 saturated carbocycles. The molecule has 2 heteroatoms. The molecule has 1 aliphatic rings. The van der Waals surface area contributed by atoms with Crippen molar-refractivity contribution in [3.8, 4) is 0 Å². The number of allylic oxidation sites excluding steroid dienone is 1. The first-order valence-electron chi connectivity index (χ1n) is 6.10. The highest BCUT2D eigenvalue weighted by Gasteiger charge is 2.19. The summed E-state index contributed by atoms with van der Waals surface area (Å²) in [4.78, 5) is 11.0. The van der Waals surface area contributed by atoms with E-state index in [-0.39, 0.29) is 6.10 Å². The number of carbonyl (C=O) groups is 1. The minimum Gasteiger partial charge on any atom is -0.389 e. The van der Waals surface area contributed by atoms with Crippen LogP contribution < -0.4 is 0 Å². The van der Waals surface area contributed by atoms with Gasteiger partial charge in [0, 0.05) is 12.8 Å². The number of unbranched alkanes of at least 4 members (excludes halogenated alkanes) is 2. The molecule has 2 unspecified atom stereocenters. The van der Waals surface area contributed by atoms with E-state index in [0.29, 0.717) is 18.1 Å². The number of carbonyl (C=O) groups excluding carboxylic acids is 1. The summed E-state index contributed by atoms with van der Waals surface area (Å²) in [6.45, 7) is 2.16. The maximum atomic E-state index is 11.0. The third-order valence-corrected chi connectivity index (χ3v) is 2.99. The van der Waals surface area contributed by atoms with Crippen LogP contribution >= 0.6 is 0 Å². The first-order valence-corrected chi connectivity index (χ1v) is 6.10. The van der Waals surface area contributed by atoms with Gasteiger partial charge in [-0.05, 0) is 18.8 Å². The second-order valence-electron chi connectivity index (χ2n) is 4.49. The van der Waals surface area contributed by atoms with Gasteiger partial charge in [0.1, 0.15) is 5.78 Å². The van der Waals surface area contributed by atoms with Crippen molar-refractivity contribution in [2.24, 2.45) is 5.92 Å². The third-order valence-electron chi connectivity index (χ3n) is 2.99. The fraction of sp³-hybridized carbons (Fsp3) is 0.769. The molecule has 0 heterocycles. The molecule has 2 nitrogen and oxygen atoms in total. The van der Waals surface area contributed by atoms with Crippen LogP contribution in [0.25, 0.3) is 0 Å². The molecule has 0 spiro atoms. The molecule has 2 atom stereocenters. The lowest BCUT2D eigenvalue weighted by Gasteiger charge is -2.06. The zero-order chi connectivity index (χ0) is 11.1. The zero-order valence-electron chi connectivity index (χ0n) is 9.61. The molecule has 0 amide bonds. The molecule has 0 bridgehead atoms. The first kappa shape index (κ1) is 12.4. The van der Waals surface area contributed by atoms with Gasteiger partial charge >= 0.3 is 0 Å². The van der Waals surface area contributed by atoms with Gasteiger partial charge in [0.25, 0.3) is 0 Å². The van der Waals surface area contributed by atoms with Crippen LogP contribution in [0.4, 0.5) is 0 Å². The number of ketones is 1. The molecule has 1 aliphatic carbocycles. The smallest absolute Gasteiger partial charge is 0.133 e. The second kappa shape index (κ2) is 6.78. The maximum Gasteiger partial charge on any atom is 0.133 e. The Balaban J connectivity index is 2.16. The van der Waals surface area contributed by atoms with Crippen LogP contribution in [0.1, 0.15) is 51.9 Å². The van der Waals surface area contributed by atoms with Gasteiger partial charge in [-0.1, -0.05) is 38.3 Å². The minimum absolute atomic E-state index is 0.313. The van der Waals surface area contributed by atoms with Gasteiger partial charge in [0.15, 0.2) is 0 Å². The third kappa shape index (κ3) is 5.12. The summed E-state index contributed by atoms with van der Waals surface area (Å²) in [6, 6.07) is 0. The number of aliphatic hydroxyl groups is 1. The molecule has 15 heavy (non-hydrogen) atoms. The van der Waals surface area contributed by atoms with Crippen molar-refractivity contribution in [2.75, 3.05) is 0 Å². The van der Waals surface area contributed by atoms with Gasteiger partial charge in [0.2, 0.25) is 0 Å². The van der Waals surface area contributed by atoms with Crippen LogP contribution in [-0.2, 0) is 4.79 Å². The number of aliphatic hydroxyl groups excluding tert-OH is 1. The molecular weight excluding hydrogens is 188 g/mol. The largest absolute Gasteiger partial charge is 0.389 e. The predicted molar refractivity (Wildman–Crippen MR) is 61.6 cm³/mol. The molecule has 1 N–H and O–H groups in total. The maximum absolute atomic E-state index is 11.0. The average molecular weight is 210 g/mol. The second-order valence-corrected chi connectivity index (χ2v) is 4.49. The summed E-state index contributed by atoms with van der Waals surface area (Å²) >= 11 is 0. The van der Waals surface area contributed by atoms with E-state index in [1.54, 1.807) is 0 Å². The number of hydrogen-bond donors (Lipinski definition) is 1. The Hall–Kier alpha value is -0.630. The Kier molecular flexibility index (Phi) is 5.62. The molecule has 1 fully saturated rings. The Morgan fingerprint density at radius 2 is 2.33 bits per heavy atom. The Morgan fingerprint density at radius 1 is 1.53 bits per heavy atom. The van der Waals surface area contributed by atoms with E-state index in [0.717, 1.165) is 25.7 Å². The molecule has 0 aromatic heterocycles. The zero-order valence-corrected chi connectivity index (χ0v) is 9.61. The van der Waals surface area contributed by atoms with Gasteiger partial charge < -0.3 is 5.11 Å². The van der Waals surface area contributed by atoms with Crippen molar-refractivity contribution in [1.29, 1.82) is 0 Å². The van der Waals surface area contributed by atoms with Crippen LogP contribution in [0.15, 0.2) is 12.2 Å². The van der Waals surface area contributed by atoms with E-state index >= 15 is 0 Å². The van der Waals surface area contributed by atoms with E-state index in [1.165, 1.54) is 12.8 Å². The Bertz CT molecular complexity index is 221. The van der Waals surface area contributed by atoms with Gasteiger partial charge in [0.05, 0.1) is 6.10 Å². The monoisotopic (exact) mass is 210 g/mol. The SMILES string of the molecule is CCCCCC(O)/C=C\C1CCC(=O)C1. The normalized spacial score (nSPS) is 23.9. The highest BCUT2D eigenvalue weighted by molar-refractivity contribution is 5.80. The summed E-state index contributed by atoms with van der Waals surface area (Å²) < 4.78 is 0. The van der Waals surface area contributed by atoms with Gasteiger partial charge in [-0.25, -0.2) is 0 Å². The van der Waals surface area contributed by atoms with Gasteiger partial charge in [-0.15, -0.1) is 0 Å². The lowest BCUT2D eigenvalue weighted by Crippen LogP contribution is -2.02. The molecule has 0 aromatic carbocycles. The Labute approximate surface area is 92.4 Å². The van der Waals surface area contributed by atoms with E-state index in [1.807, 2.05) is 12.2 Å². The Morgan fingerprint density at radius 3 is 2.93 bits per heavy atom. The van der Waals surface area contributed by atoms with Crippen LogP contribution in [0.3, 0.4) is 0 Å². The van der Waals surface area contributed by atoms with Crippen molar-refractivity contribution in [3.05, 3.63) is 12.2 Å². The summed E-state index contributed by atoms with van der Waals surface area (Å²) in [5.41, 5.74) is 0. The fourth-order valence-electron chi connectivity index (χ4n) is 1.99. The predicted octanol–water partition coefficient (Wildman–Crippen LogP) is 2.85. The standard InChI is InChI=1S/C13H22O2/c1-2-3-4-5-12(14)8-6-11-7-9-13(15)10-11/h6,8,11-12,14H,2-5,7,9-10H2,1H3/b8-6-. The lowest BCUT2D eigenvalue weighted by molar-refractivity contribution is -0.117. The number of hydrogen-bond acceptors (Lipinski definition) is 2. The summed E-state index contributed by atoms with van der Waals surface area (Å²) in [5.74, 6) is 0.753. The molecule has 0 aromatic rings. The summed E-state index contributed by atoms with van der Waals surface area (Å²) in [5, 5.41) is 9.63. The molecule has 0 aliphatic heterocycles. The van der Waals surface area contributed by atoms with Crippen molar-refractivity contribution >= 4 is 5.78 Å². The van der Waals surface area contributed by atoms with E-state index < -0.39 is 0 Å². The number of rotatable bonds is 6. The van der Waals surface area contributed by atoms with Crippen molar-refractivity contribution < 1.29 is 9.90 Å². The van der Waals surface area contributed by atoms with Crippen LogP contribution in [0.2, 0.25) is 0 Å². The first-order chi connectivity index (χ1) is 7.22. The van der Waals surface area contributed by atoms with Crippen LogP contribution in [0.5, 0.6) is 0 Å². The lowest BCUT2D eigenvalue weighted by atomic mass is 10.0. The van der Waals surface area contributed by atoms with Crippen molar-refractivity contribution in [1.82, 2.24) is 0 Å².